The maximum atomic E-state index is 5.10. The number of likely N-dealkylation sites (tertiary alicyclic amines) is 1. The lowest BCUT2D eigenvalue weighted by Crippen LogP contribution is -2.33. The monoisotopic (exact) mass is 352 g/mol. The number of rotatable bonds is 7. The van der Waals surface area contributed by atoms with Crippen LogP contribution in [0.2, 0.25) is 0 Å². The van der Waals surface area contributed by atoms with E-state index in [-0.39, 0.29) is 0 Å². The molecule has 1 aliphatic rings. The molecule has 0 saturated carbocycles. The van der Waals surface area contributed by atoms with Gasteiger partial charge in [-0.1, -0.05) is 11.8 Å². The Kier molecular flexibility index (Phi) is 6.10. The molecule has 23 heavy (non-hydrogen) atoms. The number of nitrogens with zero attached hydrogens (tertiary/aromatic N) is 4. The molecule has 1 aliphatic heterocycles. The number of ether oxygens (including phenoxy) is 1. The lowest BCUT2D eigenvalue weighted by atomic mass is 9.96. The Morgan fingerprint density at radius 1 is 1.35 bits per heavy atom. The van der Waals surface area contributed by atoms with E-state index in [4.69, 9.17) is 4.74 Å². The second-order valence-corrected chi connectivity index (χ2v) is 7.77. The summed E-state index contributed by atoms with van der Waals surface area (Å²) in [6, 6.07) is 2.23. The molecule has 1 fully saturated rings. The highest BCUT2D eigenvalue weighted by molar-refractivity contribution is 7.99. The molecule has 3 rings (SSSR count). The summed E-state index contributed by atoms with van der Waals surface area (Å²) in [6.07, 6.45) is 2.33. The first-order valence-corrected chi connectivity index (χ1v) is 9.95. The zero-order valence-corrected chi connectivity index (χ0v) is 15.4. The van der Waals surface area contributed by atoms with Gasteiger partial charge in [0.05, 0.1) is 6.61 Å². The molecular weight excluding hydrogens is 328 g/mol. The quantitative estimate of drug-likeness (QED) is 0.566. The first-order valence-electron chi connectivity index (χ1n) is 8.02. The smallest absolute Gasteiger partial charge is 0.191 e. The van der Waals surface area contributed by atoms with E-state index in [1.165, 1.54) is 18.4 Å². The van der Waals surface area contributed by atoms with Crippen molar-refractivity contribution in [1.82, 2.24) is 19.7 Å². The Morgan fingerprint density at radius 2 is 2.17 bits per heavy atom. The first-order chi connectivity index (χ1) is 11.3. The van der Waals surface area contributed by atoms with Gasteiger partial charge in [-0.25, -0.2) is 0 Å². The fourth-order valence-electron chi connectivity index (χ4n) is 3.01. The van der Waals surface area contributed by atoms with Crippen molar-refractivity contribution < 1.29 is 4.74 Å². The van der Waals surface area contributed by atoms with Crippen LogP contribution in [0.1, 0.15) is 30.1 Å². The van der Waals surface area contributed by atoms with Gasteiger partial charge in [0.2, 0.25) is 0 Å². The number of hydrogen-bond donors (Lipinski definition) is 0. The van der Waals surface area contributed by atoms with Crippen molar-refractivity contribution in [2.24, 2.45) is 7.05 Å². The molecule has 7 heteroatoms. The highest BCUT2D eigenvalue weighted by Gasteiger charge is 2.25. The van der Waals surface area contributed by atoms with Crippen LogP contribution in [0.5, 0.6) is 0 Å². The molecule has 0 aromatic carbocycles. The minimum absolute atomic E-state index is 0.531. The minimum Gasteiger partial charge on any atom is -0.384 e. The van der Waals surface area contributed by atoms with Crippen molar-refractivity contribution in [1.29, 1.82) is 0 Å². The van der Waals surface area contributed by atoms with Gasteiger partial charge in [-0.15, -0.1) is 10.2 Å². The van der Waals surface area contributed by atoms with Gasteiger partial charge in [0.1, 0.15) is 5.82 Å². The van der Waals surface area contributed by atoms with Crippen LogP contribution in [0.25, 0.3) is 0 Å². The highest BCUT2D eigenvalue weighted by Crippen LogP contribution is 2.29. The predicted molar refractivity (Wildman–Crippen MR) is 95.2 cm³/mol. The highest BCUT2D eigenvalue weighted by atomic mass is 32.2. The molecule has 3 heterocycles. The number of piperidine rings is 1. The average molecular weight is 353 g/mol. The standard InChI is InChI=1S/C16H24N4OS2/c1-19-15(17-18-16(19)23-10-8-21-2)14-3-6-20(7-4-14)11-13-5-9-22-12-13/h5,9,12,14H,3-4,6-8,10-11H2,1-2H3. The minimum atomic E-state index is 0.531. The van der Waals surface area contributed by atoms with E-state index in [0.717, 1.165) is 43.0 Å². The number of thioether (sulfide) groups is 1. The summed E-state index contributed by atoms with van der Waals surface area (Å²) in [4.78, 5) is 2.54. The van der Waals surface area contributed by atoms with Crippen LogP contribution in [0.4, 0.5) is 0 Å². The third-order valence-corrected chi connectivity index (χ3v) is 6.04. The largest absolute Gasteiger partial charge is 0.384 e. The van der Waals surface area contributed by atoms with Gasteiger partial charge < -0.3 is 9.30 Å². The summed E-state index contributed by atoms with van der Waals surface area (Å²) in [6.45, 7) is 4.10. The Hall–Kier alpha value is -0.890. The van der Waals surface area contributed by atoms with Crippen molar-refractivity contribution in [3.63, 3.8) is 0 Å². The zero-order valence-electron chi connectivity index (χ0n) is 13.8. The molecule has 2 aromatic rings. The fraction of sp³-hybridized carbons (Fsp3) is 0.625. The average Bonchev–Trinajstić information content (AvgIpc) is 3.19. The number of methoxy groups -OCH3 is 1. The molecule has 2 aromatic heterocycles. The normalized spacial score (nSPS) is 17.0. The fourth-order valence-corrected chi connectivity index (χ4v) is 4.49. The number of thiophene rings is 1. The van der Waals surface area contributed by atoms with Gasteiger partial charge in [-0.3, -0.25) is 4.90 Å². The molecule has 0 atom stereocenters. The third kappa shape index (κ3) is 4.35. The summed E-state index contributed by atoms with van der Waals surface area (Å²) in [7, 11) is 3.81. The van der Waals surface area contributed by atoms with E-state index in [1.807, 2.05) is 0 Å². The molecule has 0 N–H and O–H groups in total. The molecule has 0 radical (unpaired) electrons. The van der Waals surface area contributed by atoms with Crippen molar-refractivity contribution in [3.8, 4) is 0 Å². The van der Waals surface area contributed by atoms with Gasteiger partial charge in [0, 0.05) is 32.4 Å². The summed E-state index contributed by atoms with van der Waals surface area (Å²) < 4.78 is 7.26. The lowest BCUT2D eigenvalue weighted by Gasteiger charge is -2.31. The Bertz CT molecular complexity index is 591. The van der Waals surface area contributed by atoms with E-state index >= 15 is 0 Å². The lowest BCUT2D eigenvalue weighted by molar-refractivity contribution is 0.200. The van der Waals surface area contributed by atoms with Gasteiger partial charge in [-0.2, -0.15) is 11.3 Å². The van der Waals surface area contributed by atoms with E-state index in [9.17, 15) is 0 Å². The first kappa shape index (κ1) is 17.0. The summed E-state index contributed by atoms with van der Waals surface area (Å²) in [5.74, 6) is 2.59. The summed E-state index contributed by atoms with van der Waals surface area (Å²) in [5.41, 5.74) is 1.43. The maximum Gasteiger partial charge on any atom is 0.191 e. The van der Waals surface area contributed by atoms with Gasteiger partial charge in [0.15, 0.2) is 5.16 Å². The van der Waals surface area contributed by atoms with E-state index < -0.39 is 0 Å². The third-order valence-electron chi connectivity index (χ3n) is 4.33. The second-order valence-electron chi connectivity index (χ2n) is 5.92. The van der Waals surface area contributed by atoms with E-state index in [2.05, 4.69) is 43.5 Å². The van der Waals surface area contributed by atoms with Crippen LogP contribution in [0, 0.1) is 0 Å². The molecule has 0 spiro atoms. The molecule has 0 amide bonds. The van der Waals surface area contributed by atoms with Crippen LogP contribution in [-0.2, 0) is 18.3 Å². The topological polar surface area (TPSA) is 43.2 Å². The number of hydrogen-bond acceptors (Lipinski definition) is 6. The Balaban J connectivity index is 1.53. The van der Waals surface area contributed by atoms with Crippen molar-refractivity contribution in [2.75, 3.05) is 32.6 Å². The SMILES string of the molecule is COCCSc1nnc(C2CCN(Cc3ccsc3)CC2)n1C. The van der Waals surface area contributed by atoms with Gasteiger partial charge >= 0.3 is 0 Å². The van der Waals surface area contributed by atoms with Crippen LogP contribution in [0.15, 0.2) is 22.0 Å². The van der Waals surface area contributed by atoms with Gasteiger partial charge in [-0.05, 0) is 48.3 Å². The molecule has 0 unspecified atom stereocenters. The van der Waals surface area contributed by atoms with E-state index in [1.54, 1.807) is 30.2 Å². The van der Waals surface area contributed by atoms with Crippen molar-refractivity contribution >= 4 is 23.1 Å². The second kappa shape index (κ2) is 8.28. The van der Waals surface area contributed by atoms with E-state index in [0.29, 0.717) is 5.92 Å². The van der Waals surface area contributed by atoms with Crippen LogP contribution >= 0.6 is 23.1 Å². The van der Waals surface area contributed by atoms with Gasteiger partial charge in [0.25, 0.3) is 0 Å². The molecule has 5 nitrogen and oxygen atoms in total. The van der Waals surface area contributed by atoms with Crippen LogP contribution in [-0.4, -0.2) is 52.2 Å². The molecule has 0 bridgehead atoms. The van der Waals surface area contributed by atoms with Crippen molar-refractivity contribution in [3.05, 3.63) is 28.2 Å². The molecule has 1 saturated heterocycles. The summed E-state index contributed by atoms with van der Waals surface area (Å²) in [5, 5.41) is 14.2. The maximum absolute atomic E-state index is 5.10. The predicted octanol–water partition coefficient (Wildman–Crippen LogP) is 2.99. The Morgan fingerprint density at radius 3 is 2.87 bits per heavy atom. The molecule has 126 valence electrons. The molecular formula is C16H24N4OS2. The summed E-state index contributed by atoms with van der Waals surface area (Å²) >= 11 is 3.49. The Labute approximate surface area is 146 Å². The van der Waals surface area contributed by atoms with Crippen molar-refractivity contribution in [2.45, 2.75) is 30.5 Å². The molecule has 0 aliphatic carbocycles. The zero-order chi connectivity index (χ0) is 16.1. The van der Waals surface area contributed by atoms with Crippen LogP contribution in [0.3, 0.4) is 0 Å². The van der Waals surface area contributed by atoms with Crippen LogP contribution < -0.4 is 0 Å². The number of aromatic nitrogens is 3.